The second-order valence-corrected chi connectivity index (χ2v) is 7.21. The van der Waals surface area contributed by atoms with Crippen molar-refractivity contribution in [2.24, 2.45) is 0 Å². The second kappa shape index (κ2) is 5.41. The average Bonchev–Trinajstić information content (AvgIpc) is 2.40. The molecule has 0 aliphatic heterocycles. The SMILES string of the molecule is CC[C@@](C)(I)c1ccc(-c2ccc(O)cc2)c(O)c1. The Labute approximate surface area is 127 Å². The molecule has 0 aliphatic carbocycles. The third-order valence-corrected chi connectivity index (χ3v) is 4.83. The molecule has 0 unspecified atom stereocenters. The summed E-state index contributed by atoms with van der Waals surface area (Å²) in [6, 6.07) is 12.7. The second-order valence-electron chi connectivity index (χ2n) is 4.83. The summed E-state index contributed by atoms with van der Waals surface area (Å²) in [5.41, 5.74) is 2.80. The minimum Gasteiger partial charge on any atom is -0.508 e. The van der Waals surface area contributed by atoms with Crippen LogP contribution in [0.5, 0.6) is 11.5 Å². The first kappa shape index (κ1) is 14.2. The Hall–Kier alpha value is -1.23. The topological polar surface area (TPSA) is 40.5 Å². The molecule has 0 aliphatic rings. The first-order valence-corrected chi connectivity index (χ1v) is 7.34. The molecular formula is C16H17IO2. The molecule has 3 heteroatoms. The van der Waals surface area contributed by atoms with Crippen molar-refractivity contribution in [1.29, 1.82) is 0 Å². The minimum atomic E-state index is 0.0305. The van der Waals surface area contributed by atoms with Crippen molar-refractivity contribution in [3.8, 4) is 22.6 Å². The van der Waals surface area contributed by atoms with Gasteiger partial charge in [0.15, 0.2) is 0 Å². The van der Waals surface area contributed by atoms with Gasteiger partial charge in [-0.25, -0.2) is 0 Å². The van der Waals surface area contributed by atoms with Crippen molar-refractivity contribution in [2.75, 3.05) is 0 Å². The van der Waals surface area contributed by atoms with Crippen LogP contribution in [0, 0.1) is 0 Å². The predicted molar refractivity (Wildman–Crippen MR) is 86.9 cm³/mol. The van der Waals surface area contributed by atoms with Crippen LogP contribution in [-0.4, -0.2) is 10.2 Å². The van der Waals surface area contributed by atoms with Gasteiger partial charge in [-0.2, -0.15) is 0 Å². The van der Waals surface area contributed by atoms with Crippen LogP contribution in [-0.2, 0) is 3.42 Å². The van der Waals surface area contributed by atoms with E-state index >= 15 is 0 Å². The van der Waals surface area contributed by atoms with Crippen LogP contribution in [0.4, 0.5) is 0 Å². The van der Waals surface area contributed by atoms with Crippen LogP contribution in [0.15, 0.2) is 42.5 Å². The van der Waals surface area contributed by atoms with E-state index in [1.807, 2.05) is 12.1 Å². The standard InChI is InChI=1S/C16H17IO2/c1-3-16(2,17)12-6-9-14(15(19)10-12)11-4-7-13(18)8-5-11/h4-10,18-19H,3H2,1-2H3/t16-/m1/s1. The van der Waals surface area contributed by atoms with E-state index in [-0.39, 0.29) is 14.9 Å². The largest absolute Gasteiger partial charge is 0.508 e. The molecule has 2 rings (SSSR count). The number of phenolic OH excluding ortho intramolecular Hbond substituents is 2. The third-order valence-electron chi connectivity index (χ3n) is 3.44. The van der Waals surface area contributed by atoms with E-state index in [1.165, 1.54) is 0 Å². The van der Waals surface area contributed by atoms with Gasteiger partial charge in [0.25, 0.3) is 0 Å². The van der Waals surface area contributed by atoms with Gasteiger partial charge in [-0.05, 0) is 42.7 Å². The van der Waals surface area contributed by atoms with Crippen LogP contribution < -0.4 is 0 Å². The maximum atomic E-state index is 10.2. The lowest BCUT2D eigenvalue weighted by Crippen LogP contribution is -2.10. The number of hydrogen-bond acceptors (Lipinski definition) is 2. The van der Waals surface area contributed by atoms with Crippen molar-refractivity contribution in [3.05, 3.63) is 48.0 Å². The van der Waals surface area contributed by atoms with Gasteiger partial charge in [0, 0.05) is 8.99 Å². The molecule has 2 aromatic rings. The number of halogens is 1. The highest BCUT2D eigenvalue weighted by Crippen LogP contribution is 2.39. The van der Waals surface area contributed by atoms with Crippen molar-refractivity contribution >= 4 is 22.6 Å². The van der Waals surface area contributed by atoms with Gasteiger partial charge in [0.2, 0.25) is 0 Å². The Balaban J connectivity index is 2.42. The normalized spacial score (nSPS) is 14.1. The van der Waals surface area contributed by atoms with E-state index < -0.39 is 0 Å². The fourth-order valence-corrected chi connectivity index (χ4v) is 2.28. The number of aromatic hydroxyl groups is 2. The lowest BCUT2D eigenvalue weighted by atomic mass is 9.95. The fourth-order valence-electron chi connectivity index (χ4n) is 1.95. The van der Waals surface area contributed by atoms with E-state index in [0.717, 1.165) is 23.1 Å². The zero-order valence-electron chi connectivity index (χ0n) is 11.0. The molecule has 0 heterocycles. The Bertz CT molecular complexity index is 574. The van der Waals surface area contributed by atoms with Gasteiger partial charge >= 0.3 is 0 Å². The number of phenols is 2. The average molecular weight is 368 g/mol. The van der Waals surface area contributed by atoms with E-state index in [2.05, 4.69) is 42.5 Å². The molecule has 0 saturated carbocycles. The molecule has 2 nitrogen and oxygen atoms in total. The Morgan fingerprint density at radius 3 is 2.21 bits per heavy atom. The first-order chi connectivity index (χ1) is 8.94. The molecule has 0 bridgehead atoms. The van der Waals surface area contributed by atoms with Crippen LogP contribution in [0.25, 0.3) is 11.1 Å². The summed E-state index contributed by atoms with van der Waals surface area (Å²) in [5.74, 6) is 0.505. The molecule has 0 aromatic heterocycles. The van der Waals surface area contributed by atoms with Gasteiger partial charge in [-0.1, -0.05) is 53.8 Å². The zero-order chi connectivity index (χ0) is 14.0. The third kappa shape index (κ3) is 3.03. The Morgan fingerprint density at radius 1 is 1.05 bits per heavy atom. The molecule has 0 amide bonds. The van der Waals surface area contributed by atoms with Gasteiger partial charge in [-0.3, -0.25) is 0 Å². The summed E-state index contributed by atoms with van der Waals surface area (Å²) in [6.07, 6.45) is 1.01. The van der Waals surface area contributed by atoms with Crippen LogP contribution in [0.3, 0.4) is 0 Å². The summed E-state index contributed by atoms with van der Waals surface area (Å²) in [4.78, 5) is 0. The first-order valence-electron chi connectivity index (χ1n) is 6.26. The fraction of sp³-hybridized carbons (Fsp3) is 0.250. The minimum absolute atomic E-state index is 0.0305. The Kier molecular flexibility index (Phi) is 4.04. The highest BCUT2D eigenvalue weighted by Gasteiger charge is 2.21. The molecule has 1 atom stereocenters. The number of alkyl halides is 1. The maximum Gasteiger partial charge on any atom is 0.123 e. The quantitative estimate of drug-likeness (QED) is 0.602. The molecule has 100 valence electrons. The number of benzene rings is 2. The maximum absolute atomic E-state index is 10.2. The van der Waals surface area contributed by atoms with E-state index in [9.17, 15) is 10.2 Å². The molecule has 2 N–H and O–H groups in total. The van der Waals surface area contributed by atoms with Gasteiger partial charge in [-0.15, -0.1) is 0 Å². The van der Waals surface area contributed by atoms with Crippen LogP contribution in [0.1, 0.15) is 25.8 Å². The molecule has 0 fully saturated rings. The van der Waals surface area contributed by atoms with Crippen LogP contribution in [0.2, 0.25) is 0 Å². The van der Waals surface area contributed by atoms with Gasteiger partial charge < -0.3 is 10.2 Å². The molecule has 19 heavy (non-hydrogen) atoms. The molecular weight excluding hydrogens is 351 g/mol. The lowest BCUT2D eigenvalue weighted by molar-refractivity contribution is 0.473. The molecule has 0 radical (unpaired) electrons. The summed E-state index contributed by atoms with van der Waals surface area (Å²) in [5, 5.41) is 19.5. The summed E-state index contributed by atoms with van der Waals surface area (Å²) >= 11 is 2.41. The Morgan fingerprint density at radius 2 is 1.68 bits per heavy atom. The monoisotopic (exact) mass is 368 g/mol. The number of hydrogen-bond donors (Lipinski definition) is 2. The summed E-state index contributed by atoms with van der Waals surface area (Å²) in [6.45, 7) is 4.29. The van der Waals surface area contributed by atoms with Crippen molar-refractivity contribution in [3.63, 3.8) is 0 Å². The van der Waals surface area contributed by atoms with Crippen LogP contribution >= 0.6 is 22.6 Å². The zero-order valence-corrected chi connectivity index (χ0v) is 13.2. The van der Waals surface area contributed by atoms with Crippen molar-refractivity contribution < 1.29 is 10.2 Å². The van der Waals surface area contributed by atoms with Crippen molar-refractivity contribution in [2.45, 2.75) is 23.7 Å². The molecule has 2 aromatic carbocycles. The lowest BCUT2D eigenvalue weighted by Gasteiger charge is -2.22. The highest BCUT2D eigenvalue weighted by molar-refractivity contribution is 14.1. The summed E-state index contributed by atoms with van der Waals surface area (Å²) < 4.78 is 0.0305. The van der Waals surface area contributed by atoms with E-state index in [1.54, 1.807) is 24.3 Å². The van der Waals surface area contributed by atoms with E-state index in [4.69, 9.17) is 0 Å². The predicted octanol–water partition coefficient (Wildman–Crippen LogP) is 4.83. The number of rotatable bonds is 3. The molecule has 0 spiro atoms. The summed E-state index contributed by atoms with van der Waals surface area (Å²) in [7, 11) is 0. The van der Waals surface area contributed by atoms with Crippen molar-refractivity contribution in [1.82, 2.24) is 0 Å². The van der Waals surface area contributed by atoms with Gasteiger partial charge in [0.1, 0.15) is 11.5 Å². The van der Waals surface area contributed by atoms with E-state index in [0.29, 0.717) is 0 Å². The van der Waals surface area contributed by atoms with Gasteiger partial charge in [0.05, 0.1) is 0 Å². The smallest absolute Gasteiger partial charge is 0.123 e. The highest BCUT2D eigenvalue weighted by atomic mass is 127. The molecule has 0 saturated heterocycles.